The lowest BCUT2D eigenvalue weighted by atomic mass is 10.0. The number of carboxylic acids is 1. The summed E-state index contributed by atoms with van der Waals surface area (Å²) in [6.07, 6.45) is 0. The van der Waals surface area contributed by atoms with Crippen LogP contribution in [0.15, 0.2) is 22.7 Å². The van der Waals surface area contributed by atoms with Crippen molar-refractivity contribution in [3.05, 3.63) is 45.2 Å². The van der Waals surface area contributed by atoms with Crippen LogP contribution in [0.4, 0.5) is 11.6 Å². The van der Waals surface area contributed by atoms with Gasteiger partial charge in [0.2, 0.25) is 5.95 Å². The highest BCUT2D eigenvalue weighted by Crippen LogP contribution is 2.29. The van der Waals surface area contributed by atoms with Crippen LogP contribution in [0.2, 0.25) is 0 Å². The average Bonchev–Trinajstić information content (AvgIpc) is 2.44. The molecule has 0 radical (unpaired) electrons. The molecule has 0 saturated heterocycles. The molecule has 0 aliphatic carbocycles. The molecule has 116 valence electrons. The van der Waals surface area contributed by atoms with E-state index in [2.05, 4.69) is 45.1 Å². The molecule has 0 aliphatic heterocycles. The van der Waals surface area contributed by atoms with Crippen LogP contribution in [0.5, 0.6) is 0 Å². The number of hydrogen-bond donors (Lipinski definition) is 2. The summed E-state index contributed by atoms with van der Waals surface area (Å²) >= 11 is 3.52. The van der Waals surface area contributed by atoms with Gasteiger partial charge in [-0.3, -0.25) is 0 Å². The van der Waals surface area contributed by atoms with Crippen LogP contribution >= 0.6 is 15.9 Å². The zero-order chi connectivity index (χ0) is 16.4. The topological polar surface area (TPSA) is 75.1 Å². The summed E-state index contributed by atoms with van der Waals surface area (Å²) in [6.45, 7) is 7.72. The number of benzene rings is 1. The van der Waals surface area contributed by atoms with Gasteiger partial charge in [0.05, 0.1) is 5.69 Å². The summed E-state index contributed by atoms with van der Waals surface area (Å²) in [6, 6.07) is 5.99. The fraction of sp³-hybridized carbons (Fsp3) is 0.312. The largest absolute Gasteiger partial charge is 0.476 e. The summed E-state index contributed by atoms with van der Waals surface area (Å²) in [4.78, 5) is 19.6. The SMILES string of the molecule is Cc1nc(Nc2ccc(C(C)C)cc2Br)nc(C(=O)O)c1C. The van der Waals surface area contributed by atoms with Crippen molar-refractivity contribution in [1.82, 2.24) is 9.97 Å². The number of aryl methyl sites for hydroxylation is 1. The maximum atomic E-state index is 11.2. The van der Waals surface area contributed by atoms with Crippen molar-refractivity contribution in [2.45, 2.75) is 33.6 Å². The first-order chi connectivity index (χ1) is 10.3. The zero-order valence-corrected chi connectivity index (χ0v) is 14.5. The van der Waals surface area contributed by atoms with Crippen molar-refractivity contribution < 1.29 is 9.90 Å². The number of carbonyl (C=O) groups is 1. The standard InChI is InChI=1S/C16H18BrN3O2/c1-8(2)11-5-6-13(12(17)7-11)19-16-18-10(4)9(3)14(20-16)15(21)22/h5-8H,1-4H3,(H,21,22)(H,18,19,20). The highest BCUT2D eigenvalue weighted by atomic mass is 79.9. The molecule has 0 bridgehead atoms. The number of hydrogen-bond acceptors (Lipinski definition) is 4. The van der Waals surface area contributed by atoms with Crippen molar-refractivity contribution in [3.8, 4) is 0 Å². The lowest BCUT2D eigenvalue weighted by Gasteiger charge is -2.12. The third kappa shape index (κ3) is 3.44. The Morgan fingerprint density at radius 2 is 1.95 bits per heavy atom. The fourth-order valence-corrected chi connectivity index (χ4v) is 2.50. The number of halogens is 1. The molecule has 5 nitrogen and oxygen atoms in total. The molecule has 22 heavy (non-hydrogen) atoms. The smallest absolute Gasteiger partial charge is 0.354 e. The zero-order valence-electron chi connectivity index (χ0n) is 12.9. The van der Waals surface area contributed by atoms with Gasteiger partial charge in [-0.1, -0.05) is 19.9 Å². The summed E-state index contributed by atoms with van der Waals surface area (Å²) < 4.78 is 0.886. The predicted octanol–water partition coefficient (Wildman–Crippen LogP) is 4.42. The first kappa shape index (κ1) is 16.4. The Bertz CT molecular complexity index is 730. The number of nitrogens with zero attached hydrogens (tertiary/aromatic N) is 2. The Morgan fingerprint density at radius 1 is 1.27 bits per heavy atom. The van der Waals surface area contributed by atoms with Crippen molar-refractivity contribution in [3.63, 3.8) is 0 Å². The van der Waals surface area contributed by atoms with Crippen LogP contribution < -0.4 is 5.32 Å². The van der Waals surface area contributed by atoms with Gasteiger partial charge >= 0.3 is 5.97 Å². The molecule has 2 N–H and O–H groups in total. The second-order valence-corrected chi connectivity index (χ2v) is 6.28. The second-order valence-electron chi connectivity index (χ2n) is 5.43. The van der Waals surface area contributed by atoms with Gasteiger partial charge in [-0.2, -0.15) is 0 Å². The lowest BCUT2D eigenvalue weighted by Crippen LogP contribution is -2.10. The summed E-state index contributed by atoms with van der Waals surface area (Å²) in [5.74, 6) is -0.347. The number of carboxylic acid groups (broad SMARTS) is 1. The minimum absolute atomic E-state index is 0.0184. The van der Waals surface area contributed by atoms with Gasteiger partial charge < -0.3 is 10.4 Å². The molecular weight excluding hydrogens is 346 g/mol. The number of nitrogens with one attached hydrogen (secondary N) is 1. The molecule has 0 unspecified atom stereocenters. The van der Waals surface area contributed by atoms with Gasteiger partial charge in [0.15, 0.2) is 5.69 Å². The van der Waals surface area contributed by atoms with Gasteiger partial charge in [-0.15, -0.1) is 0 Å². The minimum atomic E-state index is -1.06. The van der Waals surface area contributed by atoms with Gasteiger partial charge in [-0.25, -0.2) is 14.8 Å². The summed E-state index contributed by atoms with van der Waals surface area (Å²) in [5, 5.41) is 12.3. The number of aromatic carboxylic acids is 1. The van der Waals surface area contributed by atoms with E-state index in [-0.39, 0.29) is 11.6 Å². The van der Waals surface area contributed by atoms with E-state index in [0.717, 1.165) is 10.2 Å². The van der Waals surface area contributed by atoms with Gasteiger partial charge in [-0.05, 0) is 53.4 Å². The molecule has 2 aromatic rings. The van der Waals surface area contributed by atoms with Gasteiger partial charge in [0.1, 0.15) is 0 Å². The molecule has 0 aliphatic rings. The van der Waals surface area contributed by atoms with Crippen molar-refractivity contribution in [1.29, 1.82) is 0 Å². The highest BCUT2D eigenvalue weighted by molar-refractivity contribution is 9.10. The van der Waals surface area contributed by atoms with E-state index in [4.69, 9.17) is 0 Å². The number of rotatable bonds is 4. The number of aromatic nitrogens is 2. The molecule has 0 spiro atoms. The molecule has 0 saturated carbocycles. The molecule has 0 fully saturated rings. The van der Waals surface area contributed by atoms with Crippen LogP contribution in [0.25, 0.3) is 0 Å². The Morgan fingerprint density at radius 3 is 2.50 bits per heavy atom. The molecule has 2 rings (SSSR count). The van der Waals surface area contributed by atoms with E-state index < -0.39 is 5.97 Å². The van der Waals surface area contributed by atoms with E-state index in [1.54, 1.807) is 13.8 Å². The Hall–Kier alpha value is -1.95. The predicted molar refractivity (Wildman–Crippen MR) is 90.0 cm³/mol. The van der Waals surface area contributed by atoms with E-state index in [1.165, 1.54) is 5.56 Å². The Balaban J connectivity index is 2.37. The van der Waals surface area contributed by atoms with Crippen LogP contribution in [-0.2, 0) is 0 Å². The third-order valence-electron chi connectivity index (χ3n) is 3.50. The van der Waals surface area contributed by atoms with Crippen molar-refractivity contribution in [2.75, 3.05) is 5.32 Å². The second kappa shape index (κ2) is 6.44. The maximum Gasteiger partial charge on any atom is 0.354 e. The molecular formula is C16H18BrN3O2. The normalized spacial score (nSPS) is 10.8. The fourth-order valence-electron chi connectivity index (χ4n) is 2.01. The Labute approximate surface area is 137 Å². The van der Waals surface area contributed by atoms with Crippen LogP contribution in [0.1, 0.15) is 47.1 Å². The molecule has 1 aromatic heterocycles. The third-order valence-corrected chi connectivity index (χ3v) is 4.15. The molecule has 0 atom stereocenters. The molecule has 1 heterocycles. The van der Waals surface area contributed by atoms with E-state index in [0.29, 0.717) is 17.2 Å². The lowest BCUT2D eigenvalue weighted by molar-refractivity contribution is 0.0689. The summed E-state index contributed by atoms with van der Waals surface area (Å²) in [5.41, 5.74) is 3.25. The number of anilines is 2. The maximum absolute atomic E-state index is 11.2. The van der Waals surface area contributed by atoms with Crippen molar-refractivity contribution >= 4 is 33.5 Å². The minimum Gasteiger partial charge on any atom is -0.476 e. The first-order valence-corrected chi connectivity index (χ1v) is 7.74. The monoisotopic (exact) mass is 363 g/mol. The molecule has 1 aromatic carbocycles. The first-order valence-electron chi connectivity index (χ1n) is 6.94. The van der Waals surface area contributed by atoms with Crippen molar-refractivity contribution in [2.24, 2.45) is 0 Å². The average molecular weight is 364 g/mol. The van der Waals surface area contributed by atoms with Gasteiger partial charge in [0, 0.05) is 15.7 Å². The Kier molecular flexibility index (Phi) is 4.81. The summed E-state index contributed by atoms with van der Waals surface area (Å²) in [7, 11) is 0. The quantitative estimate of drug-likeness (QED) is 0.840. The van der Waals surface area contributed by atoms with Crippen LogP contribution in [0, 0.1) is 13.8 Å². The van der Waals surface area contributed by atoms with Crippen LogP contribution in [-0.4, -0.2) is 21.0 Å². The molecule has 6 heteroatoms. The highest BCUT2D eigenvalue weighted by Gasteiger charge is 2.15. The molecule has 0 amide bonds. The van der Waals surface area contributed by atoms with E-state index in [9.17, 15) is 9.90 Å². The van der Waals surface area contributed by atoms with Gasteiger partial charge in [0.25, 0.3) is 0 Å². The van der Waals surface area contributed by atoms with E-state index in [1.807, 2.05) is 18.2 Å². The van der Waals surface area contributed by atoms with E-state index >= 15 is 0 Å². The van der Waals surface area contributed by atoms with Crippen LogP contribution in [0.3, 0.4) is 0 Å².